The summed E-state index contributed by atoms with van der Waals surface area (Å²) in [6.07, 6.45) is 11.3. The normalized spacial score (nSPS) is 39.1. The van der Waals surface area contributed by atoms with E-state index in [-0.39, 0.29) is 22.5 Å². The summed E-state index contributed by atoms with van der Waals surface area (Å²) in [5.41, 5.74) is -0.177. The molecule has 37 heavy (non-hydrogen) atoms. The van der Waals surface area contributed by atoms with Crippen LogP contribution in [0.15, 0.2) is 60.7 Å². The van der Waals surface area contributed by atoms with E-state index < -0.39 is 8.32 Å². The standard InChI is InChI=1S/C33H44O3Si/c1-31(2,3)37(29-12-6-4-7-13-29,30-14-8-5-9-15-30)35-28-11-10-16-32(22-28)23-34-33(36-32)26-18-24-17-25(20-26)21-27(33)19-24/h4-9,12-15,24-28H,10-11,16-23H2,1-3H3. The van der Waals surface area contributed by atoms with Gasteiger partial charge in [-0.2, -0.15) is 0 Å². The van der Waals surface area contributed by atoms with Crippen molar-refractivity contribution in [2.75, 3.05) is 6.61 Å². The van der Waals surface area contributed by atoms with Gasteiger partial charge in [0, 0.05) is 24.4 Å². The highest BCUT2D eigenvalue weighted by Gasteiger charge is 2.65. The molecule has 6 fully saturated rings. The topological polar surface area (TPSA) is 27.7 Å². The second-order valence-electron chi connectivity index (χ2n) is 14.1. The maximum absolute atomic E-state index is 7.60. The lowest BCUT2D eigenvalue weighted by Gasteiger charge is -2.59. The molecule has 8 rings (SSSR count). The van der Waals surface area contributed by atoms with Crippen LogP contribution in [0.2, 0.25) is 5.04 Å². The fraction of sp³-hybridized carbons (Fsp3) is 0.636. The van der Waals surface area contributed by atoms with Crippen LogP contribution in [0.25, 0.3) is 0 Å². The molecular formula is C33H44O3Si. The summed E-state index contributed by atoms with van der Waals surface area (Å²) in [5.74, 6) is 2.78. The van der Waals surface area contributed by atoms with Crippen molar-refractivity contribution in [3.8, 4) is 0 Å². The zero-order valence-corrected chi connectivity index (χ0v) is 24.0. The van der Waals surface area contributed by atoms with Crippen molar-refractivity contribution >= 4 is 18.7 Å². The minimum atomic E-state index is -2.57. The molecular weight excluding hydrogens is 472 g/mol. The van der Waals surface area contributed by atoms with Crippen molar-refractivity contribution in [2.45, 2.75) is 101 Å². The average molecular weight is 517 g/mol. The van der Waals surface area contributed by atoms with Gasteiger partial charge in [-0.3, -0.25) is 0 Å². The summed E-state index contributed by atoms with van der Waals surface area (Å²) >= 11 is 0. The molecule has 0 amide bonds. The minimum absolute atomic E-state index is 0.00397. The first-order chi connectivity index (χ1) is 17.8. The third kappa shape index (κ3) is 3.84. The molecule has 0 N–H and O–H groups in total. The van der Waals surface area contributed by atoms with Gasteiger partial charge in [-0.05, 0) is 78.6 Å². The Morgan fingerprint density at radius 2 is 1.38 bits per heavy atom. The lowest BCUT2D eigenvalue weighted by molar-refractivity contribution is -0.307. The van der Waals surface area contributed by atoms with Crippen LogP contribution in [0.4, 0.5) is 0 Å². The Balaban J connectivity index is 1.20. The summed E-state index contributed by atoms with van der Waals surface area (Å²) in [7, 11) is -2.57. The molecule has 0 radical (unpaired) electrons. The summed E-state index contributed by atoms with van der Waals surface area (Å²) in [5, 5.41) is 2.74. The van der Waals surface area contributed by atoms with E-state index in [9.17, 15) is 0 Å². The van der Waals surface area contributed by atoms with Crippen molar-refractivity contribution < 1.29 is 13.9 Å². The van der Waals surface area contributed by atoms with E-state index in [4.69, 9.17) is 13.9 Å². The van der Waals surface area contributed by atoms with Gasteiger partial charge in [0.15, 0.2) is 5.79 Å². The van der Waals surface area contributed by atoms with Crippen LogP contribution in [0.1, 0.15) is 78.6 Å². The smallest absolute Gasteiger partial charge is 0.261 e. The Labute approximate surface area is 224 Å². The fourth-order valence-corrected chi connectivity index (χ4v) is 14.1. The molecule has 0 aromatic heterocycles. The minimum Gasteiger partial charge on any atom is -0.404 e. The number of hydrogen-bond acceptors (Lipinski definition) is 3. The third-order valence-corrected chi connectivity index (χ3v) is 15.8. The summed E-state index contributed by atoms with van der Waals surface area (Å²) < 4.78 is 21.8. The van der Waals surface area contributed by atoms with Gasteiger partial charge in [0.1, 0.15) is 0 Å². The predicted molar refractivity (Wildman–Crippen MR) is 151 cm³/mol. The highest BCUT2D eigenvalue weighted by atomic mass is 28.4. The number of hydrogen-bond donors (Lipinski definition) is 0. The molecule has 198 valence electrons. The van der Waals surface area contributed by atoms with Crippen molar-refractivity contribution in [3.63, 3.8) is 0 Å². The number of ether oxygens (including phenoxy) is 2. The first kappa shape index (κ1) is 24.6. The van der Waals surface area contributed by atoms with Gasteiger partial charge in [0.05, 0.1) is 12.2 Å². The maximum atomic E-state index is 7.60. The van der Waals surface area contributed by atoms with E-state index in [1.54, 1.807) is 0 Å². The zero-order chi connectivity index (χ0) is 25.3. The van der Waals surface area contributed by atoms with Crippen molar-refractivity contribution in [3.05, 3.63) is 60.7 Å². The van der Waals surface area contributed by atoms with E-state index in [1.165, 1.54) is 42.5 Å². The number of rotatable bonds is 4. The molecule has 5 saturated carbocycles. The Hall–Kier alpha value is -1.46. The molecule has 5 aliphatic carbocycles. The fourth-order valence-electron chi connectivity index (χ4n) is 9.42. The molecule has 1 aliphatic heterocycles. The Kier molecular flexibility index (Phi) is 5.83. The molecule has 2 aromatic rings. The van der Waals surface area contributed by atoms with Crippen LogP contribution in [0.5, 0.6) is 0 Å². The van der Waals surface area contributed by atoms with E-state index in [1.807, 2.05) is 0 Å². The highest BCUT2D eigenvalue weighted by molar-refractivity contribution is 6.99. The van der Waals surface area contributed by atoms with Crippen molar-refractivity contribution in [1.82, 2.24) is 0 Å². The monoisotopic (exact) mass is 516 g/mol. The molecule has 2 spiro atoms. The van der Waals surface area contributed by atoms with Crippen LogP contribution in [0, 0.1) is 23.7 Å². The molecule has 4 heteroatoms. The SMILES string of the molecule is CC(C)(C)[Si](OC1CCCC2(COC3(O2)C2CC4CC(C2)CC3C4)C1)(c1ccccc1)c1ccccc1. The van der Waals surface area contributed by atoms with Crippen molar-refractivity contribution in [2.24, 2.45) is 23.7 Å². The van der Waals surface area contributed by atoms with Crippen molar-refractivity contribution in [1.29, 1.82) is 0 Å². The molecule has 2 atom stereocenters. The first-order valence-corrected chi connectivity index (χ1v) is 16.9. The van der Waals surface area contributed by atoms with Crippen LogP contribution < -0.4 is 10.4 Å². The summed E-state index contributed by atoms with van der Waals surface area (Å²) in [6, 6.07) is 22.2. The molecule has 3 nitrogen and oxygen atoms in total. The van der Waals surface area contributed by atoms with Crippen LogP contribution in [-0.2, 0) is 13.9 Å². The van der Waals surface area contributed by atoms with Crippen LogP contribution in [-0.4, -0.2) is 32.4 Å². The zero-order valence-electron chi connectivity index (χ0n) is 23.0. The predicted octanol–water partition coefficient (Wildman–Crippen LogP) is 6.44. The molecule has 2 unspecified atom stereocenters. The first-order valence-electron chi connectivity index (χ1n) is 14.9. The summed E-state index contributed by atoms with van der Waals surface area (Å²) in [6.45, 7) is 7.92. The van der Waals surface area contributed by atoms with Gasteiger partial charge in [-0.1, -0.05) is 81.4 Å². The second kappa shape index (κ2) is 8.77. The third-order valence-electron chi connectivity index (χ3n) is 10.7. The quantitative estimate of drug-likeness (QED) is 0.438. The highest BCUT2D eigenvalue weighted by Crippen LogP contribution is 2.63. The van der Waals surface area contributed by atoms with Gasteiger partial charge < -0.3 is 13.9 Å². The number of benzene rings is 2. The molecule has 4 bridgehead atoms. The van der Waals surface area contributed by atoms with Gasteiger partial charge >= 0.3 is 0 Å². The van der Waals surface area contributed by atoms with Gasteiger partial charge in [0.25, 0.3) is 8.32 Å². The van der Waals surface area contributed by atoms with E-state index in [0.29, 0.717) is 11.8 Å². The lowest BCUT2D eigenvalue weighted by atomic mass is 9.53. The van der Waals surface area contributed by atoms with Crippen LogP contribution >= 0.6 is 0 Å². The largest absolute Gasteiger partial charge is 0.404 e. The molecule has 1 saturated heterocycles. The van der Waals surface area contributed by atoms with E-state index in [2.05, 4.69) is 81.4 Å². The van der Waals surface area contributed by atoms with Gasteiger partial charge in [-0.15, -0.1) is 0 Å². The van der Waals surface area contributed by atoms with Crippen LogP contribution in [0.3, 0.4) is 0 Å². The second-order valence-corrected chi connectivity index (χ2v) is 18.4. The van der Waals surface area contributed by atoms with E-state index in [0.717, 1.165) is 44.1 Å². The molecule has 6 aliphatic rings. The Bertz CT molecular complexity index is 1040. The lowest BCUT2D eigenvalue weighted by Crippen LogP contribution is -2.68. The Morgan fingerprint density at radius 1 is 0.811 bits per heavy atom. The van der Waals surface area contributed by atoms with Gasteiger partial charge in [-0.25, -0.2) is 0 Å². The van der Waals surface area contributed by atoms with E-state index >= 15 is 0 Å². The molecule has 2 aromatic carbocycles. The summed E-state index contributed by atoms with van der Waals surface area (Å²) in [4.78, 5) is 0. The Morgan fingerprint density at radius 3 is 1.92 bits per heavy atom. The van der Waals surface area contributed by atoms with Gasteiger partial charge in [0.2, 0.25) is 0 Å². The average Bonchev–Trinajstić information content (AvgIpc) is 3.25. The maximum Gasteiger partial charge on any atom is 0.261 e. The molecule has 1 heterocycles.